The van der Waals surface area contributed by atoms with Gasteiger partial charge in [-0.2, -0.15) is 0 Å². The topological polar surface area (TPSA) is 66.8 Å². The van der Waals surface area contributed by atoms with E-state index in [4.69, 9.17) is 14.9 Å². The van der Waals surface area contributed by atoms with E-state index in [1.165, 1.54) is 0 Å². The van der Waals surface area contributed by atoms with Gasteiger partial charge in [-0.15, -0.1) is 0 Å². The highest BCUT2D eigenvalue weighted by Crippen LogP contribution is 2.08. The smallest absolute Gasteiger partial charge is 0.119 e. The third-order valence-corrected chi connectivity index (χ3v) is 3.87. The van der Waals surface area contributed by atoms with Gasteiger partial charge in [0.25, 0.3) is 0 Å². The molecule has 0 saturated carbocycles. The summed E-state index contributed by atoms with van der Waals surface area (Å²) in [5.41, 5.74) is 0. The van der Waals surface area contributed by atoms with Crippen LogP contribution in [-0.4, -0.2) is 45.2 Å². The van der Waals surface area contributed by atoms with E-state index in [0.717, 1.165) is 18.6 Å². The van der Waals surface area contributed by atoms with E-state index in [1.54, 1.807) is 0 Å². The molecule has 5 heteroatoms. The number of unbranched alkanes of at least 4 members (excludes halogenated alkanes) is 1. The summed E-state index contributed by atoms with van der Waals surface area (Å²) >= 11 is 0. The van der Waals surface area contributed by atoms with Crippen molar-refractivity contribution in [2.75, 3.05) is 24.7 Å². The molecule has 0 aliphatic heterocycles. The van der Waals surface area contributed by atoms with Crippen molar-refractivity contribution >= 4 is 10.8 Å². The summed E-state index contributed by atoms with van der Waals surface area (Å²) in [6, 6.07) is 9.56. The second-order valence-corrected chi connectivity index (χ2v) is 5.64. The molecule has 0 aromatic heterocycles. The average molecular weight is 272 g/mol. The van der Waals surface area contributed by atoms with Crippen LogP contribution in [0.2, 0.25) is 0 Å². The minimum atomic E-state index is -1.06. The van der Waals surface area contributed by atoms with E-state index in [9.17, 15) is 4.21 Å². The van der Waals surface area contributed by atoms with E-state index < -0.39 is 16.9 Å². The van der Waals surface area contributed by atoms with Crippen LogP contribution in [0.4, 0.5) is 0 Å². The van der Waals surface area contributed by atoms with Gasteiger partial charge in [0, 0.05) is 16.6 Å². The molecule has 0 heterocycles. The van der Waals surface area contributed by atoms with Gasteiger partial charge in [-0.25, -0.2) is 0 Å². The third kappa shape index (κ3) is 6.74. The second kappa shape index (κ2) is 9.08. The number of para-hydroxylation sites is 1. The highest BCUT2D eigenvalue weighted by atomic mass is 32.2. The first kappa shape index (κ1) is 15.1. The van der Waals surface area contributed by atoms with Crippen LogP contribution in [0.25, 0.3) is 0 Å². The van der Waals surface area contributed by atoms with Gasteiger partial charge < -0.3 is 14.9 Å². The largest absolute Gasteiger partial charge is 0.494 e. The molecule has 1 aromatic rings. The number of benzene rings is 1. The Labute approximate surface area is 110 Å². The summed E-state index contributed by atoms with van der Waals surface area (Å²) in [5.74, 6) is 1.53. The van der Waals surface area contributed by atoms with Gasteiger partial charge in [-0.1, -0.05) is 18.2 Å². The fourth-order valence-electron chi connectivity index (χ4n) is 1.42. The Morgan fingerprint density at radius 1 is 1.22 bits per heavy atom. The summed E-state index contributed by atoms with van der Waals surface area (Å²) in [6.07, 6.45) is 0.749. The lowest BCUT2D eigenvalue weighted by Gasteiger charge is -2.07. The van der Waals surface area contributed by atoms with Crippen LogP contribution < -0.4 is 4.74 Å². The van der Waals surface area contributed by atoms with Gasteiger partial charge in [0.15, 0.2) is 0 Å². The summed E-state index contributed by atoms with van der Waals surface area (Å²) < 4.78 is 16.9. The molecule has 0 saturated heterocycles. The lowest BCUT2D eigenvalue weighted by molar-refractivity contribution is 0.113. The molecule has 0 radical (unpaired) electrons. The molecule has 2 N–H and O–H groups in total. The Morgan fingerprint density at radius 3 is 2.61 bits per heavy atom. The number of ether oxygens (including phenoxy) is 1. The maximum atomic E-state index is 11.4. The van der Waals surface area contributed by atoms with Crippen molar-refractivity contribution in [3.05, 3.63) is 30.3 Å². The van der Waals surface area contributed by atoms with Gasteiger partial charge in [-0.3, -0.25) is 4.21 Å². The van der Waals surface area contributed by atoms with E-state index in [2.05, 4.69) is 0 Å². The van der Waals surface area contributed by atoms with Crippen molar-refractivity contribution < 1.29 is 19.2 Å². The van der Waals surface area contributed by atoms with E-state index in [-0.39, 0.29) is 12.4 Å². The Hall–Kier alpha value is -0.910. The lowest BCUT2D eigenvalue weighted by Crippen LogP contribution is -2.22. The molecule has 0 aliphatic rings. The SMILES string of the molecule is O=S(CCCCOc1ccccc1)CC(O)CO. The number of rotatable bonds is 9. The van der Waals surface area contributed by atoms with E-state index >= 15 is 0 Å². The minimum Gasteiger partial charge on any atom is -0.494 e. The lowest BCUT2D eigenvalue weighted by atomic mass is 10.3. The summed E-state index contributed by atoms with van der Waals surface area (Å²) in [5, 5.41) is 17.7. The van der Waals surface area contributed by atoms with Crippen LogP contribution in [-0.2, 0) is 10.8 Å². The molecule has 2 unspecified atom stereocenters. The highest BCUT2D eigenvalue weighted by molar-refractivity contribution is 7.85. The number of hydrogen-bond acceptors (Lipinski definition) is 4. The van der Waals surface area contributed by atoms with Gasteiger partial charge in [0.1, 0.15) is 5.75 Å². The predicted octanol–water partition coefficient (Wildman–Crippen LogP) is 0.948. The molecule has 102 valence electrons. The van der Waals surface area contributed by atoms with Crippen molar-refractivity contribution in [3.63, 3.8) is 0 Å². The van der Waals surface area contributed by atoms with Gasteiger partial charge >= 0.3 is 0 Å². The monoisotopic (exact) mass is 272 g/mol. The molecule has 0 amide bonds. The zero-order valence-electron chi connectivity index (χ0n) is 10.3. The third-order valence-electron chi connectivity index (χ3n) is 2.37. The molecule has 0 fully saturated rings. The highest BCUT2D eigenvalue weighted by Gasteiger charge is 2.07. The van der Waals surface area contributed by atoms with Gasteiger partial charge in [-0.05, 0) is 25.0 Å². The van der Waals surface area contributed by atoms with E-state index in [0.29, 0.717) is 12.4 Å². The molecule has 2 atom stereocenters. The molecule has 1 rings (SSSR count). The van der Waals surface area contributed by atoms with Gasteiger partial charge in [0.05, 0.1) is 25.1 Å². The summed E-state index contributed by atoms with van der Waals surface area (Å²) in [4.78, 5) is 0. The standard InChI is InChI=1S/C13H20O4S/c14-10-12(15)11-18(16)9-5-4-8-17-13-6-2-1-3-7-13/h1-3,6-7,12,14-15H,4-5,8-11H2. The Morgan fingerprint density at radius 2 is 1.94 bits per heavy atom. The predicted molar refractivity (Wildman–Crippen MR) is 72.1 cm³/mol. The quantitative estimate of drug-likeness (QED) is 0.657. The first-order chi connectivity index (χ1) is 8.72. The molecule has 4 nitrogen and oxygen atoms in total. The number of aliphatic hydroxyl groups is 2. The molecule has 0 bridgehead atoms. The zero-order chi connectivity index (χ0) is 13.2. The Kier molecular flexibility index (Phi) is 7.64. The van der Waals surface area contributed by atoms with Crippen molar-refractivity contribution in [1.29, 1.82) is 0 Å². The fraction of sp³-hybridized carbons (Fsp3) is 0.538. The molecule has 0 aliphatic carbocycles. The Balaban J connectivity index is 2.03. The van der Waals surface area contributed by atoms with Gasteiger partial charge in [0.2, 0.25) is 0 Å². The van der Waals surface area contributed by atoms with Crippen LogP contribution in [0.3, 0.4) is 0 Å². The first-order valence-corrected chi connectivity index (χ1v) is 7.53. The van der Waals surface area contributed by atoms with Crippen LogP contribution in [0.5, 0.6) is 5.75 Å². The van der Waals surface area contributed by atoms with Crippen molar-refractivity contribution in [2.45, 2.75) is 18.9 Å². The maximum Gasteiger partial charge on any atom is 0.119 e. The maximum absolute atomic E-state index is 11.4. The van der Waals surface area contributed by atoms with Crippen molar-refractivity contribution in [1.82, 2.24) is 0 Å². The second-order valence-electron chi connectivity index (χ2n) is 4.02. The van der Waals surface area contributed by atoms with Crippen LogP contribution in [0.1, 0.15) is 12.8 Å². The fourth-order valence-corrected chi connectivity index (χ4v) is 2.65. The number of aliphatic hydroxyl groups excluding tert-OH is 2. The molecular formula is C13H20O4S. The molecule has 1 aromatic carbocycles. The molecular weight excluding hydrogens is 252 g/mol. The zero-order valence-corrected chi connectivity index (χ0v) is 11.1. The van der Waals surface area contributed by atoms with Crippen LogP contribution in [0, 0.1) is 0 Å². The van der Waals surface area contributed by atoms with E-state index in [1.807, 2.05) is 30.3 Å². The summed E-state index contributed by atoms with van der Waals surface area (Å²) in [6.45, 7) is 0.270. The van der Waals surface area contributed by atoms with Crippen molar-refractivity contribution in [2.24, 2.45) is 0 Å². The average Bonchev–Trinajstić information content (AvgIpc) is 2.39. The van der Waals surface area contributed by atoms with Crippen LogP contribution >= 0.6 is 0 Å². The molecule has 0 spiro atoms. The number of hydrogen-bond donors (Lipinski definition) is 2. The normalized spacial score (nSPS) is 14.1. The summed E-state index contributed by atoms with van der Waals surface area (Å²) in [7, 11) is -1.06. The first-order valence-electron chi connectivity index (χ1n) is 6.04. The van der Waals surface area contributed by atoms with Crippen LogP contribution in [0.15, 0.2) is 30.3 Å². The van der Waals surface area contributed by atoms with Crippen molar-refractivity contribution in [3.8, 4) is 5.75 Å². The minimum absolute atomic E-state index is 0.149. The Bertz CT molecular complexity index is 342. The molecule has 18 heavy (non-hydrogen) atoms.